The second-order valence-electron chi connectivity index (χ2n) is 7.20. The van der Waals surface area contributed by atoms with Gasteiger partial charge in [-0.05, 0) is 39.5 Å². The molecule has 1 heterocycles. The summed E-state index contributed by atoms with van der Waals surface area (Å²) in [4.78, 5) is 14.4. The number of aliphatic hydroxyl groups is 1. The minimum Gasteiger partial charge on any atom is -0.396 e. The van der Waals surface area contributed by atoms with Crippen LogP contribution in [-0.4, -0.2) is 47.7 Å². The van der Waals surface area contributed by atoms with Crippen molar-refractivity contribution in [1.82, 2.24) is 10.2 Å². The highest BCUT2D eigenvalue weighted by Gasteiger charge is 2.25. The molecule has 1 rings (SSSR count). The van der Waals surface area contributed by atoms with E-state index >= 15 is 0 Å². The lowest BCUT2D eigenvalue weighted by Crippen LogP contribution is -2.48. The molecular weight excluding hydrogens is 288 g/mol. The zero-order chi connectivity index (χ0) is 16.9. The van der Waals surface area contributed by atoms with Gasteiger partial charge in [0.1, 0.15) is 0 Å². The summed E-state index contributed by atoms with van der Waals surface area (Å²) in [6.45, 7) is 6.19. The third-order valence-electron chi connectivity index (χ3n) is 5.11. The van der Waals surface area contributed by atoms with Gasteiger partial charge in [0.15, 0.2) is 0 Å². The third-order valence-corrected chi connectivity index (χ3v) is 5.11. The molecule has 136 valence electrons. The number of unbranched alkanes of at least 4 members (excludes halogenated alkanes) is 7. The van der Waals surface area contributed by atoms with E-state index in [9.17, 15) is 4.79 Å². The van der Waals surface area contributed by atoms with Crippen molar-refractivity contribution in [2.75, 3.05) is 19.7 Å². The number of carbonyl (C=O) groups is 1. The van der Waals surface area contributed by atoms with Crippen molar-refractivity contribution in [3.8, 4) is 0 Å². The van der Waals surface area contributed by atoms with Gasteiger partial charge in [0.2, 0.25) is 5.91 Å². The average Bonchev–Trinajstić information content (AvgIpc) is 2.53. The molecule has 1 amide bonds. The molecule has 1 fully saturated rings. The Morgan fingerprint density at radius 1 is 0.957 bits per heavy atom. The maximum absolute atomic E-state index is 12.1. The average molecular weight is 327 g/mol. The van der Waals surface area contributed by atoms with E-state index in [-0.39, 0.29) is 5.91 Å². The number of piperidine rings is 1. The quantitative estimate of drug-likeness (QED) is 0.540. The molecule has 2 N–H and O–H groups in total. The van der Waals surface area contributed by atoms with E-state index in [1.807, 2.05) is 0 Å². The van der Waals surface area contributed by atoms with E-state index in [1.165, 1.54) is 51.4 Å². The molecule has 1 aliphatic rings. The van der Waals surface area contributed by atoms with E-state index in [0.29, 0.717) is 25.2 Å². The summed E-state index contributed by atoms with van der Waals surface area (Å²) in [7, 11) is 0. The molecule has 0 aromatic carbocycles. The Kier molecular flexibility index (Phi) is 11.3. The van der Waals surface area contributed by atoms with Gasteiger partial charge >= 0.3 is 0 Å². The van der Waals surface area contributed by atoms with Crippen molar-refractivity contribution < 1.29 is 9.90 Å². The van der Waals surface area contributed by atoms with Crippen LogP contribution in [0.2, 0.25) is 0 Å². The highest BCUT2D eigenvalue weighted by molar-refractivity contribution is 5.78. The first-order chi connectivity index (χ1) is 11.1. The lowest BCUT2D eigenvalue weighted by atomic mass is 9.97. The Bertz CT molecular complexity index is 300. The second kappa shape index (κ2) is 12.8. The van der Waals surface area contributed by atoms with E-state index in [2.05, 4.69) is 24.1 Å². The van der Waals surface area contributed by atoms with Gasteiger partial charge < -0.3 is 10.4 Å². The Balaban J connectivity index is 1.95. The molecule has 1 saturated heterocycles. The molecule has 4 heteroatoms. The molecule has 0 aromatic heterocycles. The minimum absolute atomic E-state index is 0.189. The Hall–Kier alpha value is -0.610. The molecule has 4 nitrogen and oxygen atoms in total. The van der Waals surface area contributed by atoms with Gasteiger partial charge in [-0.1, -0.05) is 44.9 Å². The zero-order valence-electron chi connectivity index (χ0n) is 15.4. The molecule has 0 aliphatic carbocycles. The third kappa shape index (κ3) is 9.31. The van der Waals surface area contributed by atoms with E-state index in [0.717, 1.165) is 25.8 Å². The van der Waals surface area contributed by atoms with Gasteiger partial charge in [-0.15, -0.1) is 0 Å². The molecule has 1 aliphatic heterocycles. The molecule has 0 saturated carbocycles. The van der Waals surface area contributed by atoms with Crippen molar-refractivity contribution in [1.29, 1.82) is 0 Å². The first-order valence-electron chi connectivity index (χ1n) is 9.78. The van der Waals surface area contributed by atoms with E-state index < -0.39 is 0 Å². The Morgan fingerprint density at radius 2 is 1.48 bits per heavy atom. The lowest BCUT2D eigenvalue weighted by Gasteiger charge is -2.38. The largest absolute Gasteiger partial charge is 0.396 e. The summed E-state index contributed by atoms with van der Waals surface area (Å²) < 4.78 is 0. The van der Waals surface area contributed by atoms with Gasteiger partial charge in [-0.2, -0.15) is 0 Å². The van der Waals surface area contributed by atoms with Crippen LogP contribution in [0.15, 0.2) is 0 Å². The highest BCUT2D eigenvalue weighted by atomic mass is 16.2. The summed E-state index contributed by atoms with van der Waals surface area (Å²) in [5.74, 6) is 0.189. The summed E-state index contributed by atoms with van der Waals surface area (Å²) in [5.41, 5.74) is 0. The van der Waals surface area contributed by atoms with Crippen LogP contribution in [0, 0.1) is 0 Å². The van der Waals surface area contributed by atoms with Crippen LogP contribution < -0.4 is 5.32 Å². The fourth-order valence-electron chi connectivity index (χ4n) is 3.53. The Morgan fingerprint density at radius 3 is 2.04 bits per heavy atom. The van der Waals surface area contributed by atoms with Gasteiger partial charge in [0.05, 0.1) is 6.54 Å². The predicted molar refractivity (Wildman–Crippen MR) is 96.5 cm³/mol. The zero-order valence-corrected chi connectivity index (χ0v) is 15.4. The SMILES string of the molecule is CC1CCCC(C)N1CC(=O)NCCCCCCCCCCO. The number of aliphatic hydroxyl groups excluding tert-OH is 1. The maximum Gasteiger partial charge on any atom is 0.234 e. The maximum atomic E-state index is 12.1. The first kappa shape index (κ1) is 20.4. The molecule has 0 aromatic rings. The monoisotopic (exact) mass is 326 g/mol. The van der Waals surface area contributed by atoms with Crippen LogP contribution in [0.3, 0.4) is 0 Å². The number of likely N-dealkylation sites (tertiary alicyclic amines) is 1. The summed E-state index contributed by atoms with van der Waals surface area (Å²) in [6.07, 6.45) is 13.2. The van der Waals surface area contributed by atoms with Crippen molar-refractivity contribution in [2.24, 2.45) is 0 Å². The predicted octanol–water partition coefficient (Wildman–Crippen LogP) is 3.48. The number of amides is 1. The minimum atomic E-state index is 0.189. The molecule has 0 spiro atoms. The number of carbonyl (C=O) groups excluding carboxylic acids is 1. The Labute approximate surface area is 143 Å². The van der Waals surface area contributed by atoms with Crippen LogP contribution in [-0.2, 0) is 4.79 Å². The number of rotatable bonds is 12. The molecule has 0 bridgehead atoms. The summed E-state index contributed by atoms with van der Waals surface area (Å²) >= 11 is 0. The van der Waals surface area contributed by atoms with Gasteiger partial charge in [0.25, 0.3) is 0 Å². The number of hydrogen-bond donors (Lipinski definition) is 2. The van der Waals surface area contributed by atoms with Gasteiger partial charge in [-0.25, -0.2) is 0 Å². The normalized spacial score (nSPS) is 22.2. The van der Waals surface area contributed by atoms with Crippen molar-refractivity contribution in [3.05, 3.63) is 0 Å². The van der Waals surface area contributed by atoms with Crippen molar-refractivity contribution in [2.45, 2.75) is 96.6 Å². The second-order valence-corrected chi connectivity index (χ2v) is 7.20. The first-order valence-corrected chi connectivity index (χ1v) is 9.78. The standard InChI is InChI=1S/C19H38N2O2/c1-17-12-11-13-18(2)21(17)16-19(23)20-14-9-7-5-3-4-6-8-10-15-22/h17-18,22H,3-16H2,1-2H3,(H,20,23). The van der Waals surface area contributed by atoms with Crippen LogP contribution >= 0.6 is 0 Å². The smallest absolute Gasteiger partial charge is 0.234 e. The van der Waals surface area contributed by atoms with E-state index in [1.54, 1.807) is 0 Å². The van der Waals surface area contributed by atoms with Crippen LogP contribution in [0.5, 0.6) is 0 Å². The summed E-state index contributed by atoms with van der Waals surface area (Å²) in [6, 6.07) is 1.07. The van der Waals surface area contributed by atoms with Crippen LogP contribution in [0.4, 0.5) is 0 Å². The molecule has 2 atom stereocenters. The molecule has 23 heavy (non-hydrogen) atoms. The number of nitrogens with one attached hydrogen (secondary N) is 1. The fraction of sp³-hybridized carbons (Fsp3) is 0.947. The van der Waals surface area contributed by atoms with Gasteiger partial charge in [0, 0.05) is 25.2 Å². The molecular formula is C19H38N2O2. The fourth-order valence-corrected chi connectivity index (χ4v) is 3.53. The van der Waals surface area contributed by atoms with Crippen molar-refractivity contribution in [3.63, 3.8) is 0 Å². The van der Waals surface area contributed by atoms with Crippen molar-refractivity contribution >= 4 is 5.91 Å². The van der Waals surface area contributed by atoms with Gasteiger partial charge in [-0.3, -0.25) is 9.69 Å². The topological polar surface area (TPSA) is 52.6 Å². The van der Waals surface area contributed by atoms with Crippen LogP contribution in [0.25, 0.3) is 0 Å². The molecule has 2 unspecified atom stereocenters. The highest BCUT2D eigenvalue weighted by Crippen LogP contribution is 2.21. The summed E-state index contributed by atoms with van der Waals surface area (Å²) in [5, 5.41) is 11.8. The number of nitrogens with zero attached hydrogens (tertiary/aromatic N) is 1. The van der Waals surface area contributed by atoms with E-state index in [4.69, 9.17) is 5.11 Å². The lowest BCUT2D eigenvalue weighted by molar-refractivity contribution is -0.123. The molecule has 0 radical (unpaired) electrons. The van der Waals surface area contributed by atoms with Crippen LogP contribution in [0.1, 0.15) is 84.5 Å². The number of hydrogen-bond acceptors (Lipinski definition) is 3.